The van der Waals surface area contributed by atoms with Crippen molar-refractivity contribution >= 4 is 17.3 Å². The highest BCUT2D eigenvalue weighted by Crippen LogP contribution is 2.22. The first-order chi connectivity index (χ1) is 9.13. The van der Waals surface area contributed by atoms with Crippen LogP contribution >= 0.6 is 0 Å². The second-order valence-electron chi connectivity index (χ2n) is 4.11. The van der Waals surface area contributed by atoms with Gasteiger partial charge in [0.15, 0.2) is 0 Å². The lowest BCUT2D eigenvalue weighted by atomic mass is 10.2. The topological polar surface area (TPSA) is 75.9 Å². The molecule has 0 aliphatic carbocycles. The summed E-state index contributed by atoms with van der Waals surface area (Å²) in [6, 6.07) is 6.78. The van der Waals surface area contributed by atoms with Crippen molar-refractivity contribution in [2.24, 2.45) is 5.84 Å². The predicted molar refractivity (Wildman–Crippen MR) is 73.6 cm³/mol. The van der Waals surface area contributed by atoms with Crippen LogP contribution in [-0.4, -0.2) is 9.97 Å². The molecule has 0 saturated carbocycles. The van der Waals surface area contributed by atoms with Crippen LogP contribution in [0.4, 0.5) is 21.7 Å². The number of hydrogen-bond donors (Lipinski definition) is 3. The Morgan fingerprint density at radius 2 is 2.00 bits per heavy atom. The Morgan fingerprint density at radius 1 is 1.26 bits per heavy atom. The number of nitrogens with one attached hydrogen (secondary N) is 2. The SMILES string of the molecule is CCc1nc(NN)cc(Nc2cccc(C)c2F)n1. The number of anilines is 3. The van der Waals surface area contributed by atoms with Crippen molar-refractivity contribution < 1.29 is 4.39 Å². The second-order valence-corrected chi connectivity index (χ2v) is 4.11. The highest BCUT2D eigenvalue weighted by atomic mass is 19.1. The van der Waals surface area contributed by atoms with Crippen molar-refractivity contribution in [2.45, 2.75) is 20.3 Å². The van der Waals surface area contributed by atoms with Crippen LogP contribution in [0.25, 0.3) is 0 Å². The fraction of sp³-hybridized carbons (Fsp3) is 0.231. The molecule has 2 aromatic rings. The maximum atomic E-state index is 13.9. The van der Waals surface area contributed by atoms with Crippen molar-refractivity contribution in [1.29, 1.82) is 0 Å². The number of hydrogen-bond acceptors (Lipinski definition) is 5. The van der Waals surface area contributed by atoms with Crippen LogP contribution in [-0.2, 0) is 6.42 Å². The Bertz CT molecular complexity index is 563. The molecule has 0 fully saturated rings. The number of nitrogen functional groups attached to an aromatic ring is 1. The van der Waals surface area contributed by atoms with E-state index in [1.807, 2.05) is 6.92 Å². The van der Waals surface area contributed by atoms with Gasteiger partial charge in [-0.2, -0.15) is 0 Å². The molecule has 100 valence electrons. The number of hydrazine groups is 1. The Balaban J connectivity index is 2.34. The molecule has 0 unspecified atom stereocenters. The van der Waals surface area contributed by atoms with Gasteiger partial charge in [0.1, 0.15) is 23.3 Å². The summed E-state index contributed by atoms with van der Waals surface area (Å²) in [5, 5.41) is 2.94. The van der Waals surface area contributed by atoms with E-state index in [0.717, 1.165) is 0 Å². The number of nitrogens with zero attached hydrogens (tertiary/aromatic N) is 2. The summed E-state index contributed by atoms with van der Waals surface area (Å²) in [6.07, 6.45) is 0.667. The standard InChI is InChI=1S/C13H16FN5/c1-3-10-17-11(7-12(18-10)19-15)16-9-6-4-5-8(2)13(9)14/h4-7H,3,15H2,1-2H3,(H2,16,17,18,19). The van der Waals surface area contributed by atoms with Crippen LogP contribution in [0.3, 0.4) is 0 Å². The third-order valence-electron chi connectivity index (χ3n) is 2.69. The molecule has 19 heavy (non-hydrogen) atoms. The third-order valence-corrected chi connectivity index (χ3v) is 2.69. The summed E-state index contributed by atoms with van der Waals surface area (Å²) in [4.78, 5) is 8.45. The van der Waals surface area contributed by atoms with Gasteiger partial charge in [0.25, 0.3) is 0 Å². The summed E-state index contributed by atoms with van der Waals surface area (Å²) in [5.41, 5.74) is 3.42. The monoisotopic (exact) mass is 261 g/mol. The van der Waals surface area contributed by atoms with Crippen LogP contribution in [0.1, 0.15) is 18.3 Å². The van der Waals surface area contributed by atoms with Gasteiger partial charge in [-0.05, 0) is 18.6 Å². The average Bonchev–Trinajstić information content (AvgIpc) is 2.43. The van der Waals surface area contributed by atoms with E-state index >= 15 is 0 Å². The minimum absolute atomic E-state index is 0.290. The van der Waals surface area contributed by atoms with Crippen molar-refractivity contribution in [1.82, 2.24) is 9.97 Å². The van der Waals surface area contributed by atoms with Gasteiger partial charge < -0.3 is 10.7 Å². The largest absolute Gasteiger partial charge is 0.338 e. The molecule has 0 aliphatic rings. The zero-order valence-corrected chi connectivity index (χ0v) is 10.9. The Kier molecular flexibility index (Phi) is 3.91. The summed E-state index contributed by atoms with van der Waals surface area (Å²) in [7, 11) is 0. The molecule has 0 bridgehead atoms. The molecule has 1 aromatic carbocycles. The molecular weight excluding hydrogens is 245 g/mol. The van der Waals surface area contributed by atoms with Crippen LogP contribution in [0.2, 0.25) is 0 Å². The van der Waals surface area contributed by atoms with Crippen molar-refractivity contribution in [3.8, 4) is 0 Å². The normalized spacial score (nSPS) is 10.3. The first kappa shape index (κ1) is 13.2. The van der Waals surface area contributed by atoms with Gasteiger partial charge in [-0.15, -0.1) is 0 Å². The molecule has 0 aliphatic heterocycles. The van der Waals surface area contributed by atoms with E-state index in [1.165, 1.54) is 0 Å². The zero-order valence-electron chi connectivity index (χ0n) is 10.9. The van der Waals surface area contributed by atoms with E-state index < -0.39 is 0 Å². The number of nitrogens with two attached hydrogens (primary N) is 1. The van der Waals surface area contributed by atoms with Crippen molar-refractivity contribution in [3.05, 3.63) is 41.5 Å². The molecule has 1 heterocycles. The van der Waals surface area contributed by atoms with Gasteiger partial charge in [-0.1, -0.05) is 19.1 Å². The Labute approximate surface area is 111 Å². The fourth-order valence-corrected chi connectivity index (χ4v) is 1.68. The lowest BCUT2D eigenvalue weighted by molar-refractivity contribution is 0.622. The Morgan fingerprint density at radius 3 is 2.68 bits per heavy atom. The van der Waals surface area contributed by atoms with Crippen LogP contribution in [0, 0.1) is 12.7 Å². The first-order valence-corrected chi connectivity index (χ1v) is 6.00. The number of benzene rings is 1. The third kappa shape index (κ3) is 2.97. The molecule has 4 N–H and O–H groups in total. The first-order valence-electron chi connectivity index (χ1n) is 6.00. The van der Waals surface area contributed by atoms with Gasteiger partial charge in [-0.25, -0.2) is 20.2 Å². The van der Waals surface area contributed by atoms with Gasteiger partial charge >= 0.3 is 0 Å². The number of aromatic nitrogens is 2. The molecule has 6 heteroatoms. The van der Waals surface area contributed by atoms with Gasteiger partial charge in [0, 0.05) is 12.5 Å². The molecule has 1 aromatic heterocycles. The Hall–Kier alpha value is -2.21. The van der Waals surface area contributed by atoms with E-state index in [1.54, 1.807) is 31.2 Å². The summed E-state index contributed by atoms with van der Waals surface area (Å²) >= 11 is 0. The molecule has 2 rings (SSSR count). The molecule has 0 saturated heterocycles. The lowest BCUT2D eigenvalue weighted by Crippen LogP contribution is -2.11. The minimum Gasteiger partial charge on any atom is -0.338 e. The molecule has 0 spiro atoms. The summed E-state index contributed by atoms with van der Waals surface area (Å²) < 4.78 is 13.9. The van der Waals surface area contributed by atoms with Crippen LogP contribution in [0.15, 0.2) is 24.3 Å². The highest BCUT2D eigenvalue weighted by Gasteiger charge is 2.07. The molecule has 0 atom stereocenters. The van der Waals surface area contributed by atoms with Crippen LogP contribution in [0.5, 0.6) is 0 Å². The number of aryl methyl sites for hydroxylation is 2. The average molecular weight is 261 g/mol. The van der Waals surface area contributed by atoms with E-state index in [2.05, 4.69) is 20.7 Å². The molecular formula is C13H16FN5. The van der Waals surface area contributed by atoms with Crippen LogP contribution < -0.4 is 16.6 Å². The number of rotatable bonds is 4. The molecule has 0 radical (unpaired) electrons. The fourth-order valence-electron chi connectivity index (χ4n) is 1.68. The van der Waals surface area contributed by atoms with Crippen molar-refractivity contribution in [3.63, 3.8) is 0 Å². The van der Waals surface area contributed by atoms with E-state index in [4.69, 9.17) is 5.84 Å². The minimum atomic E-state index is -0.290. The zero-order chi connectivity index (χ0) is 13.8. The molecule has 5 nitrogen and oxygen atoms in total. The summed E-state index contributed by atoms with van der Waals surface area (Å²) in [6.45, 7) is 3.65. The number of halogens is 1. The quantitative estimate of drug-likeness (QED) is 0.582. The van der Waals surface area contributed by atoms with Gasteiger partial charge in [-0.3, -0.25) is 0 Å². The molecule has 0 amide bonds. The second kappa shape index (κ2) is 5.62. The van der Waals surface area contributed by atoms with Gasteiger partial charge in [0.2, 0.25) is 0 Å². The highest BCUT2D eigenvalue weighted by molar-refractivity contribution is 5.60. The van der Waals surface area contributed by atoms with Crippen molar-refractivity contribution in [2.75, 3.05) is 10.7 Å². The van der Waals surface area contributed by atoms with E-state index in [0.29, 0.717) is 35.1 Å². The van der Waals surface area contributed by atoms with Gasteiger partial charge in [0.05, 0.1) is 5.69 Å². The summed E-state index contributed by atoms with van der Waals surface area (Å²) in [5.74, 6) is 6.68. The predicted octanol–water partition coefficient (Wildman–Crippen LogP) is 2.52. The maximum absolute atomic E-state index is 13.9. The van der Waals surface area contributed by atoms with E-state index in [-0.39, 0.29) is 5.82 Å². The maximum Gasteiger partial charge on any atom is 0.149 e. The smallest absolute Gasteiger partial charge is 0.149 e. The lowest BCUT2D eigenvalue weighted by Gasteiger charge is -2.10. The van der Waals surface area contributed by atoms with E-state index in [9.17, 15) is 4.39 Å².